The zero-order valence-corrected chi connectivity index (χ0v) is 13.6. The summed E-state index contributed by atoms with van der Waals surface area (Å²) in [6.45, 7) is -0.205. The lowest BCUT2D eigenvalue weighted by Gasteiger charge is -2.31. The maximum Gasteiger partial charge on any atom is 0.223 e. The van der Waals surface area contributed by atoms with Crippen LogP contribution in [-0.4, -0.2) is 43.7 Å². The van der Waals surface area contributed by atoms with Crippen LogP contribution in [0.4, 0.5) is 11.8 Å². The lowest BCUT2D eigenvalue weighted by Crippen LogP contribution is -2.48. The monoisotopic (exact) mass is 350 g/mol. The molecule has 3 atom stereocenters. The van der Waals surface area contributed by atoms with E-state index >= 15 is 0 Å². The molecule has 128 valence electrons. The predicted octanol–water partition coefficient (Wildman–Crippen LogP) is 1.24. The summed E-state index contributed by atoms with van der Waals surface area (Å²) >= 11 is 6.24. The van der Waals surface area contributed by atoms with Crippen molar-refractivity contribution in [3.05, 3.63) is 35.5 Å². The lowest BCUT2D eigenvalue weighted by atomic mass is 10.0. The first-order valence-corrected chi connectivity index (χ1v) is 8.00. The number of benzene rings is 1. The molecule has 3 rings (SSSR count). The molecule has 0 radical (unpaired) electrons. The highest BCUT2D eigenvalue weighted by Crippen LogP contribution is 2.39. The van der Waals surface area contributed by atoms with Crippen LogP contribution in [0, 0.1) is 5.92 Å². The van der Waals surface area contributed by atoms with Crippen molar-refractivity contribution in [3.8, 4) is 11.1 Å². The third-order valence-electron chi connectivity index (χ3n) is 4.35. The molecule has 0 amide bonds. The van der Waals surface area contributed by atoms with Crippen LogP contribution in [0.3, 0.4) is 0 Å². The third kappa shape index (κ3) is 3.03. The summed E-state index contributed by atoms with van der Waals surface area (Å²) in [5.74, 6) is -0.215. The Balaban J connectivity index is 2.02. The summed E-state index contributed by atoms with van der Waals surface area (Å²) in [4.78, 5) is 8.11. The number of aliphatic hydroxyl groups excluding tert-OH is 2. The fourth-order valence-corrected chi connectivity index (χ4v) is 3.32. The maximum atomic E-state index is 10.8. The molecule has 2 aromatic rings. The Bertz CT molecular complexity index is 731. The van der Waals surface area contributed by atoms with Crippen molar-refractivity contribution in [1.29, 1.82) is 0 Å². The Kier molecular flexibility index (Phi) is 4.60. The average Bonchev–Trinajstić information content (AvgIpc) is 2.82. The number of rotatable bonds is 4. The average molecular weight is 351 g/mol. The molecule has 8 heteroatoms. The van der Waals surface area contributed by atoms with Gasteiger partial charge in [-0.1, -0.05) is 41.9 Å². The molecule has 0 aliphatic heterocycles. The Hall–Kier alpha value is -1.93. The summed E-state index contributed by atoms with van der Waals surface area (Å²) in [5, 5.41) is 33.3. The van der Waals surface area contributed by atoms with E-state index in [9.17, 15) is 15.3 Å². The van der Waals surface area contributed by atoms with Gasteiger partial charge in [-0.25, -0.2) is 4.98 Å². The number of hydrogen-bond donors (Lipinski definition) is 5. The molecule has 1 aromatic carbocycles. The molecule has 0 bridgehead atoms. The van der Waals surface area contributed by atoms with E-state index in [0.717, 1.165) is 5.56 Å². The van der Waals surface area contributed by atoms with E-state index in [1.165, 1.54) is 0 Å². The molecule has 0 spiro atoms. The van der Waals surface area contributed by atoms with Crippen LogP contribution in [0.2, 0.25) is 5.15 Å². The molecule has 1 aliphatic carbocycles. The van der Waals surface area contributed by atoms with Gasteiger partial charge in [0.2, 0.25) is 5.95 Å². The Labute approximate surface area is 144 Å². The van der Waals surface area contributed by atoms with Crippen LogP contribution in [0.1, 0.15) is 12.8 Å². The van der Waals surface area contributed by atoms with E-state index in [1.54, 1.807) is 0 Å². The topological polar surface area (TPSA) is 125 Å². The molecule has 6 N–H and O–H groups in total. The number of hydrogen-bond acceptors (Lipinski definition) is 7. The van der Waals surface area contributed by atoms with E-state index in [0.29, 0.717) is 12.0 Å². The molecule has 0 saturated heterocycles. The molecule has 1 aromatic heterocycles. The SMILES string of the molecule is Nc1nc(Cl)c(-c2ccccc2)c(NC2(O)CCC(CO)C2O)n1. The predicted molar refractivity (Wildman–Crippen MR) is 91.3 cm³/mol. The number of nitrogens with two attached hydrogens (primary N) is 1. The first kappa shape index (κ1) is 16.9. The second-order valence-electron chi connectivity index (χ2n) is 5.94. The number of nitrogens with zero attached hydrogens (tertiary/aromatic N) is 2. The number of halogens is 1. The van der Waals surface area contributed by atoms with Crippen molar-refractivity contribution in [2.75, 3.05) is 17.7 Å². The highest BCUT2D eigenvalue weighted by Gasteiger charge is 2.47. The van der Waals surface area contributed by atoms with Crippen LogP contribution in [0.5, 0.6) is 0 Å². The van der Waals surface area contributed by atoms with Gasteiger partial charge < -0.3 is 26.4 Å². The third-order valence-corrected chi connectivity index (χ3v) is 4.62. The van der Waals surface area contributed by atoms with E-state index in [2.05, 4.69) is 15.3 Å². The standard InChI is InChI=1S/C16H19ClN4O3/c17-13-11(9-4-2-1-3-5-9)14(20-15(18)19-13)21-16(24)7-6-10(8-22)12(16)23/h1-5,10,12,22-24H,6-8H2,(H3,18,19,20,21). The fourth-order valence-electron chi connectivity index (χ4n) is 3.03. The van der Waals surface area contributed by atoms with Crippen molar-refractivity contribution in [2.24, 2.45) is 5.92 Å². The molecular formula is C16H19ClN4O3. The van der Waals surface area contributed by atoms with E-state index in [1.807, 2.05) is 30.3 Å². The minimum atomic E-state index is -1.62. The van der Waals surface area contributed by atoms with Gasteiger partial charge in [0, 0.05) is 12.5 Å². The van der Waals surface area contributed by atoms with Crippen LogP contribution in [-0.2, 0) is 0 Å². The van der Waals surface area contributed by atoms with E-state index < -0.39 is 17.7 Å². The number of aromatic nitrogens is 2. The highest BCUT2D eigenvalue weighted by atomic mass is 35.5. The Morgan fingerprint density at radius 2 is 2.00 bits per heavy atom. The van der Waals surface area contributed by atoms with Gasteiger partial charge in [-0.2, -0.15) is 4.98 Å². The number of anilines is 2. The molecule has 1 fully saturated rings. The van der Waals surface area contributed by atoms with Gasteiger partial charge in [0.25, 0.3) is 0 Å². The summed E-state index contributed by atoms with van der Waals surface area (Å²) in [6, 6.07) is 9.21. The van der Waals surface area contributed by atoms with Crippen molar-refractivity contribution in [1.82, 2.24) is 9.97 Å². The number of nitrogen functional groups attached to an aromatic ring is 1. The molecule has 1 aliphatic rings. The normalized spacial score (nSPS) is 26.5. The molecule has 1 heterocycles. The van der Waals surface area contributed by atoms with Crippen LogP contribution in [0.15, 0.2) is 30.3 Å². The van der Waals surface area contributed by atoms with Gasteiger partial charge in [-0.05, 0) is 18.4 Å². The molecule has 3 unspecified atom stereocenters. The first-order valence-electron chi connectivity index (χ1n) is 7.62. The number of aliphatic hydroxyl groups is 3. The molecule has 24 heavy (non-hydrogen) atoms. The Morgan fingerprint density at radius 1 is 1.29 bits per heavy atom. The largest absolute Gasteiger partial charge is 0.396 e. The molecular weight excluding hydrogens is 332 g/mol. The minimum absolute atomic E-state index is 0.0445. The number of nitrogens with one attached hydrogen (secondary N) is 1. The van der Waals surface area contributed by atoms with Crippen molar-refractivity contribution in [3.63, 3.8) is 0 Å². The smallest absolute Gasteiger partial charge is 0.223 e. The lowest BCUT2D eigenvalue weighted by molar-refractivity contribution is -0.0545. The van der Waals surface area contributed by atoms with Crippen LogP contribution < -0.4 is 11.1 Å². The summed E-state index contributed by atoms with van der Waals surface area (Å²) in [7, 11) is 0. The Morgan fingerprint density at radius 3 is 2.62 bits per heavy atom. The van der Waals surface area contributed by atoms with Crippen LogP contribution >= 0.6 is 11.6 Å². The van der Waals surface area contributed by atoms with Gasteiger partial charge in [-0.3, -0.25) is 0 Å². The second-order valence-corrected chi connectivity index (χ2v) is 6.30. The first-order chi connectivity index (χ1) is 11.4. The summed E-state index contributed by atoms with van der Waals surface area (Å²) in [5.41, 5.74) is 5.29. The second kappa shape index (κ2) is 6.52. The quantitative estimate of drug-likeness (QED) is 0.415. The molecule has 7 nitrogen and oxygen atoms in total. The van der Waals surface area contributed by atoms with Crippen LogP contribution in [0.25, 0.3) is 11.1 Å². The fraction of sp³-hybridized carbons (Fsp3) is 0.375. The minimum Gasteiger partial charge on any atom is -0.396 e. The van der Waals surface area contributed by atoms with Gasteiger partial charge in [0.05, 0.1) is 5.56 Å². The highest BCUT2D eigenvalue weighted by molar-refractivity contribution is 6.32. The maximum absolute atomic E-state index is 10.8. The summed E-state index contributed by atoms with van der Waals surface area (Å²) in [6.07, 6.45) is -0.397. The van der Waals surface area contributed by atoms with Crippen molar-refractivity contribution in [2.45, 2.75) is 24.7 Å². The molecule has 1 saturated carbocycles. The van der Waals surface area contributed by atoms with Gasteiger partial charge in [0.15, 0.2) is 5.72 Å². The van der Waals surface area contributed by atoms with E-state index in [4.69, 9.17) is 17.3 Å². The van der Waals surface area contributed by atoms with Crippen molar-refractivity contribution < 1.29 is 15.3 Å². The van der Waals surface area contributed by atoms with E-state index in [-0.39, 0.29) is 29.9 Å². The van der Waals surface area contributed by atoms with Crippen molar-refractivity contribution >= 4 is 23.4 Å². The zero-order valence-electron chi connectivity index (χ0n) is 12.9. The summed E-state index contributed by atoms with van der Waals surface area (Å²) < 4.78 is 0. The van der Waals surface area contributed by atoms with Gasteiger partial charge in [-0.15, -0.1) is 0 Å². The zero-order chi connectivity index (χ0) is 17.3. The van der Waals surface area contributed by atoms with Gasteiger partial charge in [0.1, 0.15) is 17.1 Å². The van der Waals surface area contributed by atoms with Gasteiger partial charge >= 0.3 is 0 Å².